The summed E-state index contributed by atoms with van der Waals surface area (Å²) in [6, 6.07) is 0. The molecular formula is C15H22O2. The van der Waals surface area contributed by atoms with Crippen molar-refractivity contribution >= 4 is 5.97 Å². The highest BCUT2D eigenvalue weighted by Crippen LogP contribution is 2.60. The minimum Gasteiger partial charge on any atom is -0.459 e. The van der Waals surface area contributed by atoms with Crippen molar-refractivity contribution in [1.29, 1.82) is 0 Å². The third-order valence-electron chi connectivity index (χ3n) is 3.97. The molecule has 0 aromatic rings. The lowest BCUT2D eigenvalue weighted by atomic mass is 10.1. The third kappa shape index (κ3) is 2.31. The van der Waals surface area contributed by atoms with Gasteiger partial charge in [-0.25, -0.2) is 4.79 Å². The molecule has 3 atom stereocenters. The average Bonchev–Trinajstić information content (AvgIpc) is 2.51. The Hall–Kier alpha value is -1.05. The number of hydrogen-bond acceptors (Lipinski definition) is 2. The van der Waals surface area contributed by atoms with Crippen molar-refractivity contribution in [3.8, 4) is 0 Å². The number of cyclic esters (lactones) is 1. The zero-order valence-electron chi connectivity index (χ0n) is 11.4. The van der Waals surface area contributed by atoms with Gasteiger partial charge in [0.05, 0.1) is 0 Å². The molecule has 17 heavy (non-hydrogen) atoms. The monoisotopic (exact) mass is 234 g/mol. The summed E-state index contributed by atoms with van der Waals surface area (Å²) < 4.78 is 5.16. The Kier molecular flexibility index (Phi) is 2.92. The highest BCUT2D eigenvalue weighted by molar-refractivity contribution is 5.90. The Balaban J connectivity index is 2.13. The standard InChI is InChI=1S/C15H22O2/c1-9(2)6-12-13(15(12,4)5)8-11-7-10(3)17-14(11)16/h6,8,10,12-13H,7H2,1-5H3/b11-8+/t10?,12-,13-/m1/s1. The van der Waals surface area contributed by atoms with Gasteiger partial charge >= 0.3 is 5.97 Å². The summed E-state index contributed by atoms with van der Waals surface area (Å²) in [4.78, 5) is 11.6. The van der Waals surface area contributed by atoms with Gasteiger partial charge in [-0.15, -0.1) is 0 Å². The Morgan fingerprint density at radius 1 is 1.35 bits per heavy atom. The van der Waals surface area contributed by atoms with Crippen molar-refractivity contribution in [3.05, 3.63) is 23.3 Å². The van der Waals surface area contributed by atoms with Gasteiger partial charge in [0.1, 0.15) is 6.10 Å². The first-order valence-corrected chi connectivity index (χ1v) is 6.39. The van der Waals surface area contributed by atoms with E-state index in [1.807, 2.05) is 6.92 Å². The van der Waals surface area contributed by atoms with Gasteiger partial charge in [0, 0.05) is 12.0 Å². The van der Waals surface area contributed by atoms with E-state index < -0.39 is 0 Å². The number of ether oxygens (including phenoxy) is 1. The topological polar surface area (TPSA) is 26.3 Å². The van der Waals surface area contributed by atoms with E-state index in [9.17, 15) is 4.79 Å². The van der Waals surface area contributed by atoms with E-state index in [4.69, 9.17) is 4.74 Å². The van der Waals surface area contributed by atoms with Gasteiger partial charge in [0.25, 0.3) is 0 Å². The highest BCUT2D eigenvalue weighted by atomic mass is 16.5. The molecule has 0 aromatic carbocycles. The summed E-state index contributed by atoms with van der Waals surface area (Å²) in [7, 11) is 0. The van der Waals surface area contributed by atoms with Crippen LogP contribution >= 0.6 is 0 Å². The Labute approximate surface area is 104 Å². The molecule has 2 fully saturated rings. The van der Waals surface area contributed by atoms with Gasteiger partial charge in [-0.2, -0.15) is 0 Å². The van der Waals surface area contributed by atoms with Crippen LogP contribution in [0.5, 0.6) is 0 Å². The van der Waals surface area contributed by atoms with E-state index in [0.717, 1.165) is 12.0 Å². The molecule has 0 N–H and O–H groups in total. The number of allylic oxidation sites excluding steroid dienone is 3. The molecule has 94 valence electrons. The fourth-order valence-corrected chi connectivity index (χ4v) is 2.76. The molecule has 0 aromatic heterocycles. The van der Waals surface area contributed by atoms with Gasteiger partial charge in [-0.3, -0.25) is 0 Å². The largest absolute Gasteiger partial charge is 0.459 e. The number of esters is 1. The quantitative estimate of drug-likeness (QED) is 0.415. The van der Waals surface area contributed by atoms with Crippen molar-refractivity contribution < 1.29 is 9.53 Å². The maximum Gasteiger partial charge on any atom is 0.334 e. The van der Waals surface area contributed by atoms with Crippen LogP contribution in [0.4, 0.5) is 0 Å². The zero-order valence-corrected chi connectivity index (χ0v) is 11.4. The van der Waals surface area contributed by atoms with Crippen LogP contribution in [0, 0.1) is 17.3 Å². The Morgan fingerprint density at radius 2 is 2.00 bits per heavy atom. The van der Waals surface area contributed by atoms with Crippen LogP contribution in [-0.2, 0) is 9.53 Å². The van der Waals surface area contributed by atoms with Crippen molar-refractivity contribution in [2.45, 2.75) is 47.1 Å². The lowest BCUT2D eigenvalue weighted by Gasteiger charge is -1.98. The molecule has 2 nitrogen and oxygen atoms in total. The smallest absolute Gasteiger partial charge is 0.334 e. The van der Waals surface area contributed by atoms with Gasteiger partial charge in [0.2, 0.25) is 0 Å². The van der Waals surface area contributed by atoms with Crippen LogP contribution in [0.1, 0.15) is 41.0 Å². The van der Waals surface area contributed by atoms with E-state index in [-0.39, 0.29) is 17.5 Å². The van der Waals surface area contributed by atoms with E-state index in [0.29, 0.717) is 11.8 Å². The third-order valence-corrected chi connectivity index (χ3v) is 3.97. The first-order chi connectivity index (χ1) is 7.82. The number of hydrogen-bond donors (Lipinski definition) is 0. The summed E-state index contributed by atoms with van der Waals surface area (Å²) in [6.07, 6.45) is 5.30. The average molecular weight is 234 g/mol. The van der Waals surface area contributed by atoms with Crippen LogP contribution in [0.15, 0.2) is 23.3 Å². The molecule has 1 aliphatic heterocycles. The van der Waals surface area contributed by atoms with Crippen molar-refractivity contribution in [3.63, 3.8) is 0 Å². The number of carbonyl (C=O) groups is 1. The van der Waals surface area contributed by atoms with Crippen LogP contribution < -0.4 is 0 Å². The molecule has 0 spiro atoms. The van der Waals surface area contributed by atoms with Gasteiger partial charge in [-0.1, -0.05) is 31.6 Å². The van der Waals surface area contributed by atoms with Crippen LogP contribution in [0.3, 0.4) is 0 Å². The minimum atomic E-state index is -0.115. The van der Waals surface area contributed by atoms with Crippen LogP contribution in [-0.4, -0.2) is 12.1 Å². The maximum atomic E-state index is 11.6. The van der Waals surface area contributed by atoms with Crippen molar-refractivity contribution in [2.75, 3.05) is 0 Å². The number of carbonyl (C=O) groups excluding carboxylic acids is 1. The predicted molar refractivity (Wildman–Crippen MR) is 68.4 cm³/mol. The van der Waals surface area contributed by atoms with Gasteiger partial charge in [0.15, 0.2) is 0 Å². The summed E-state index contributed by atoms with van der Waals surface area (Å²) in [6.45, 7) is 10.7. The highest BCUT2D eigenvalue weighted by Gasteiger charge is 2.55. The molecule has 1 heterocycles. The second-order valence-electron chi connectivity index (χ2n) is 6.23. The molecule has 0 bridgehead atoms. The van der Waals surface area contributed by atoms with E-state index in [1.54, 1.807) is 0 Å². The predicted octanol–water partition coefficient (Wildman–Crippen LogP) is 3.49. The SMILES string of the molecule is CC(C)=C[C@@H]1[C@@H](/C=C2\CC(C)OC2=O)C1(C)C. The summed E-state index contributed by atoms with van der Waals surface area (Å²) in [5.41, 5.74) is 2.52. The maximum absolute atomic E-state index is 11.6. The second kappa shape index (κ2) is 4.01. The first-order valence-electron chi connectivity index (χ1n) is 6.39. The lowest BCUT2D eigenvalue weighted by Crippen LogP contribution is -1.99. The fraction of sp³-hybridized carbons (Fsp3) is 0.667. The molecule has 1 saturated carbocycles. The van der Waals surface area contributed by atoms with E-state index >= 15 is 0 Å². The van der Waals surface area contributed by atoms with Crippen LogP contribution in [0.25, 0.3) is 0 Å². The lowest BCUT2D eigenvalue weighted by molar-refractivity contribution is -0.138. The molecule has 1 unspecified atom stereocenters. The molecule has 0 radical (unpaired) electrons. The molecular weight excluding hydrogens is 212 g/mol. The summed E-state index contributed by atoms with van der Waals surface area (Å²) in [5.74, 6) is 0.949. The van der Waals surface area contributed by atoms with Gasteiger partial charge < -0.3 is 4.74 Å². The molecule has 2 heteroatoms. The number of rotatable bonds is 2. The van der Waals surface area contributed by atoms with E-state index in [2.05, 4.69) is 39.8 Å². The second-order valence-corrected chi connectivity index (χ2v) is 6.23. The van der Waals surface area contributed by atoms with Crippen LogP contribution in [0.2, 0.25) is 0 Å². The van der Waals surface area contributed by atoms with E-state index in [1.165, 1.54) is 5.57 Å². The Morgan fingerprint density at radius 3 is 2.47 bits per heavy atom. The summed E-state index contributed by atoms with van der Waals surface area (Å²) >= 11 is 0. The molecule has 2 rings (SSSR count). The molecule has 2 aliphatic rings. The van der Waals surface area contributed by atoms with Crippen molar-refractivity contribution in [2.24, 2.45) is 17.3 Å². The molecule has 1 aliphatic carbocycles. The zero-order chi connectivity index (χ0) is 12.8. The summed E-state index contributed by atoms with van der Waals surface area (Å²) in [5, 5.41) is 0. The first kappa shape index (κ1) is 12.4. The van der Waals surface area contributed by atoms with Crippen molar-refractivity contribution in [1.82, 2.24) is 0 Å². The van der Waals surface area contributed by atoms with Gasteiger partial charge in [-0.05, 0) is 38.0 Å². The molecule has 0 amide bonds. The Bertz CT molecular complexity index is 397. The minimum absolute atomic E-state index is 0.0533. The normalized spacial score (nSPS) is 36.9. The fourth-order valence-electron chi connectivity index (χ4n) is 2.76. The molecule has 1 saturated heterocycles.